The van der Waals surface area contributed by atoms with Gasteiger partial charge in [0.15, 0.2) is 11.5 Å². The van der Waals surface area contributed by atoms with Crippen LogP contribution in [-0.4, -0.2) is 30.9 Å². The average molecular weight is 326 g/mol. The van der Waals surface area contributed by atoms with E-state index in [2.05, 4.69) is 17.1 Å². The smallest absolute Gasteiger partial charge is 0.275 e. The van der Waals surface area contributed by atoms with E-state index in [1.165, 1.54) is 19.4 Å². The van der Waals surface area contributed by atoms with E-state index in [-0.39, 0.29) is 5.75 Å². The number of para-hydroxylation sites is 1. The van der Waals surface area contributed by atoms with Gasteiger partial charge in [-0.05, 0) is 35.9 Å². The van der Waals surface area contributed by atoms with Crippen molar-refractivity contribution >= 4 is 12.1 Å². The molecule has 2 rings (SSSR count). The van der Waals surface area contributed by atoms with Crippen LogP contribution >= 0.6 is 0 Å². The fraction of sp³-hybridized carbons (Fsp3) is 0.111. The lowest BCUT2D eigenvalue weighted by Gasteiger charge is -2.08. The molecule has 0 saturated carbocycles. The van der Waals surface area contributed by atoms with Crippen LogP contribution in [0.4, 0.5) is 0 Å². The lowest BCUT2D eigenvalue weighted by molar-refractivity contribution is 0.0951. The number of hydrazone groups is 1. The number of rotatable bonds is 7. The van der Waals surface area contributed by atoms with Crippen molar-refractivity contribution in [3.63, 3.8) is 0 Å². The Morgan fingerprint density at radius 2 is 2.08 bits per heavy atom. The maximum atomic E-state index is 12.2. The van der Waals surface area contributed by atoms with Gasteiger partial charge in [-0.25, -0.2) is 5.43 Å². The summed E-state index contributed by atoms with van der Waals surface area (Å²) in [6, 6.07) is 11.6. The van der Waals surface area contributed by atoms with Crippen molar-refractivity contribution in [2.75, 3.05) is 13.7 Å². The zero-order chi connectivity index (χ0) is 17.4. The summed E-state index contributed by atoms with van der Waals surface area (Å²) in [4.78, 5) is 12.2. The van der Waals surface area contributed by atoms with Gasteiger partial charge in [0.05, 0.1) is 18.9 Å². The molecule has 0 heterocycles. The second kappa shape index (κ2) is 8.38. The van der Waals surface area contributed by atoms with Crippen molar-refractivity contribution in [1.29, 1.82) is 0 Å². The second-order valence-electron chi connectivity index (χ2n) is 4.73. The van der Waals surface area contributed by atoms with Crippen molar-refractivity contribution < 1.29 is 19.4 Å². The number of benzene rings is 2. The van der Waals surface area contributed by atoms with Crippen molar-refractivity contribution in [2.45, 2.75) is 0 Å². The molecule has 1 amide bonds. The van der Waals surface area contributed by atoms with Gasteiger partial charge in [-0.3, -0.25) is 4.79 Å². The van der Waals surface area contributed by atoms with E-state index in [1.807, 2.05) is 0 Å². The topological polar surface area (TPSA) is 80.2 Å². The van der Waals surface area contributed by atoms with Gasteiger partial charge in [0, 0.05) is 0 Å². The van der Waals surface area contributed by atoms with E-state index in [1.54, 1.807) is 42.5 Å². The SMILES string of the molecule is C=CCOc1ccccc1C(=O)N/N=C/c1ccc(OC)c(O)c1. The molecule has 0 bridgehead atoms. The summed E-state index contributed by atoms with van der Waals surface area (Å²) in [6.07, 6.45) is 3.02. The highest BCUT2D eigenvalue weighted by atomic mass is 16.5. The molecule has 124 valence electrons. The van der Waals surface area contributed by atoms with Gasteiger partial charge in [-0.1, -0.05) is 24.8 Å². The van der Waals surface area contributed by atoms with Crippen molar-refractivity contribution in [3.05, 3.63) is 66.2 Å². The standard InChI is InChI=1S/C18H18N2O4/c1-3-10-24-16-7-5-4-6-14(16)18(22)20-19-12-13-8-9-17(23-2)15(21)11-13/h3-9,11-12,21H,1,10H2,2H3,(H,20,22)/b19-12+. The summed E-state index contributed by atoms with van der Waals surface area (Å²) in [6.45, 7) is 3.88. The highest BCUT2D eigenvalue weighted by Crippen LogP contribution is 2.25. The third-order valence-corrected chi connectivity index (χ3v) is 3.07. The molecule has 6 nitrogen and oxygen atoms in total. The number of phenolic OH excluding ortho intramolecular Hbond substituents is 1. The Balaban J connectivity index is 2.05. The van der Waals surface area contributed by atoms with Crippen LogP contribution in [0.3, 0.4) is 0 Å². The molecule has 0 aliphatic rings. The number of carbonyl (C=O) groups is 1. The van der Waals surface area contributed by atoms with Crippen LogP contribution < -0.4 is 14.9 Å². The van der Waals surface area contributed by atoms with Crippen LogP contribution in [0.15, 0.2) is 60.2 Å². The monoisotopic (exact) mass is 326 g/mol. The summed E-state index contributed by atoms with van der Waals surface area (Å²) in [7, 11) is 1.47. The van der Waals surface area contributed by atoms with E-state index < -0.39 is 5.91 Å². The molecule has 0 aromatic heterocycles. The number of nitrogens with one attached hydrogen (secondary N) is 1. The number of ether oxygens (including phenoxy) is 2. The number of amides is 1. The van der Waals surface area contributed by atoms with Gasteiger partial charge in [0.2, 0.25) is 0 Å². The van der Waals surface area contributed by atoms with Gasteiger partial charge in [0.25, 0.3) is 5.91 Å². The minimum atomic E-state index is -0.399. The summed E-state index contributed by atoms with van der Waals surface area (Å²) in [5.41, 5.74) is 3.41. The third-order valence-electron chi connectivity index (χ3n) is 3.07. The van der Waals surface area contributed by atoms with E-state index >= 15 is 0 Å². The highest BCUT2D eigenvalue weighted by molar-refractivity contribution is 5.97. The number of methoxy groups -OCH3 is 1. The Hall–Kier alpha value is -3.28. The summed E-state index contributed by atoms with van der Waals surface area (Å²) in [5, 5.41) is 13.6. The average Bonchev–Trinajstić information content (AvgIpc) is 2.60. The molecule has 24 heavy (non-hydrogen) atoms. The van der Waals surface area contributed by atoms with Gasteiger partial charge in [-0.15, -0.1) is 0 Å². The normalized spacial score (nSPS) is 10.4. The zero-order valence-electron chi connectivity index (χ0n) is 13.2. The first-order valence-corrected chi connectivity index (χ1v) is 7.19. The second-order valence-corrected chi connectivity index (χ2v) is 4.73. The highest BCUT2D eigenvalue weighted by Gasteiger charge is 2.10. The van der Waals surface area contributed by atoms with E-state index in [0.717, 1.165) is 0 Å². The molecule has 0 spiro atoms. The molecule has 2 N–H and O–H groups in total. The summed E-state index contributed by atoms with van der Waals surface area (Å²) >= 11 is 0. The molecule has 0 saturated heterocycles. The molecule has 6 heteroatoms. The quantitative estimate of drug-likeness (QED) is 0.466. The first kappa shape index (κ1) is 17.1. The molecule has 0 fully saturated rings. The summed E-state index contributed by atoms with van der Waals surface area (Å²) < 4.78 is 10.4. The lowest BCUT2D eigenvalue weighted by atomic mass is 10.2. The molecule has 0 radical (unpaired) electrons. The van der Waals surface area contributed by atoms with Crippen LogP contribution in [0.2, 0.25) is 0 Å². The Morgan fingerprint density at radius 3 is 2.79 bits per heavy atom. The Bertz CT molecular complexity index is 756. The van der Waals surface area contributed by atoms with Crippen LogP contribution in [-0.2, 0) is 0 Å². The Kier molecular flexibility index (Phi) is 5.96. The number of hydrogen-bond acceptors (Lipinski definition) is 5. The molecule has 2 aromatic carbocycles. The fourth-order valence-electron chi connectivity index (χ4n) is 1.94. The number of carbonyl (C=O) groups excluding carboxylic acids is 1. The zero-order valence-corrected chi connectivity index (χ0v) is 13.2. The molecular weight excluding hydrogens is 308 g/mol. The van der Waals surface area contributed by atoms with Gasteiger partial charge < -0.3 is 14.6 Å². The van der Waals surface area contributed by atoms with Crippen molar-refractivity contribution in [2.24, 2.45) is 5.10 Å². The van der Waals surface area contributed by atoms with Gasteiger partial charge in [0.1, 0.15) is 12.4 Å². The first-order chi connectivity index (χ1) is 11.7. The summed E-state index contributed by atoms with van der Waals surface area (Å²) in [5.74, 6) is 0.413. The number of aromatic hydroxyl groups is 1. The number of hydrogen-bond donors (Lipinski definition) is 2. The molecule has 2 aromatic rings. The first-order valence-electron chi connectivity index (χ1n) is 7.19. The Labute approximate surface area is 140 Å². The molecule has 0 aliphatic heterocycles. The van der Waals surface area contributed by atoms with Crippen molar-refractivity contribution in [1.82, 2.24) is 5.43 Å². The molecule has 0 unspecified atom stereocenters. The van der Waals surface area contributed by atoms with Crippen LogP contribution in [0.25, 0.3) is 0 Å². The largest absolute Gasteiger partial charge is 0.504 e. The maximum absolute atomic E-state index is 12.2. The van der Waals surface area contributed by atoms with Crippen LogP contribution in [0.1, 0.15) is 15.9 Å². The third kappa shape index (κ3) is 4.36. The van der Waals surface area contributed by atoms with Crippen LogP contribution in [0.5, 0.6) is 17.2 Å². The number of nitrogens with zero attached hydrogens (tertiary/aromatic N) is 1. The lowest BCUT2D eigenvalue weighted by Crippen LogP contribution is -2.18. The minimum Gasteiger partial charge on any atom is -0.504 e. The van der Waals surface area contributed by atoms with E-state index in [0.29, 0.717) is 29.2 Å². The predicted molar refractivity (Wildman–Crippen MR) is 91.9 cm³/mol. The van der Waals surface area contributed by atoms with Crippen LogP contribution in [0, 0.1) is 0 Å². The number of phenols is 1. The fourth-order valence-corrected chi connectivity index (χ4v) is 1.94. The van der Waals surface area contributed by atoms with Gasteiger partial charge >= 0.3 is 0 Å². The van der Waals surface area contributed by atoms with Gasteiger partial charge in [-0.2, -0.15) is 5.10 Å². The maximum Gasteiger partial charge on any atom is 0.275 e. The molecule has 0 aliphatic carbocycles. The Morgan fingerprint density at radius 1 is 1.29 bits per heavy atom. The van der Waals surface area contributed by atoms with E-state index in [4.69, 9.17) is 9.47 Å². The van der Waals surface area contributed by atoms with Crippen molar-refractivity contribution in [3.8, 4) is 17.2 Å². The predicted octanol–water partition coefficient (Wildman–Crippen LogP) is 2.73. The molecular formula is C18H18N2O4. The minimum absolute atomic E-state index is 0.00375. The molecule has 0 atom stereocenters. The van der Waals surface area contributed by atoms with E-state index in [9.17, 15) is 9.90 Å².